The van der Waals surface area contributed by atoms with Gasteiger partial charge in [-0.05, 0) is 30.5 Å². The Hall–Kier alpha value is -1.93. The van der Waals surface area contributed by atoms with Crippen molar-refractivity contribution in [1.82, 2.24) is 10.2 Å². The molecule has 0 saturated carbocycles. The minimum Gasteiger partial charge on any atom is -0.454 e. The maximum atomic E-state index is 12.4. The van der Waals surface area contributed by atoms with Crippen LogP contribution < -0.4 is 14.8 Å². The monoisotopic (exact) mass is 378 g/mol. The van der Waals surface area contributed by atoms with Gasteiger partial charge in [-0.2, -0.15) is 0 Å². The number of fused-ring (bicyclic) bond motifs is 1. The topological polar surface area (TPSA) is 77.1 Å². The Morgan fingerprint density at radius 2 is 2.04 bits per heavy atom. The third kappa shape index (κ3) is 3.48. The number of carbonyl (C=O) groups is 2. The molecule has 7 nitrogen and oxygen atoms in total. The molecular formula is C18H22N2O5S. The van der Waals surface area contributed by atoms with E-state index in [9.17, 15) is 9.59 Å². The molecule has 2 amide bonds. The summed E-state index contributed by atoms with van der Waals surface area (Å²) in [4.78, 5) is 25.6. The predicted octanol–water partition coefficient (Wildman–Crippen LogP) is 1.11. The molecule has 2 saturated heterocycles. The Labute approximate surface area is 156 Å². The molecule has 2 fully saturated rings. The summed E-state index contributed by atoms with van der Waals surface area (Å²) in [6.45, 7) is 2.20. The number of carbonyl (C=O) groups excluding carboxylic acids is 2. The number of ether oxygens (including phenoxy) is 3. The first-order chi connectivity index (χ1) is 12.7. The number of amides is 2. The Morgan fingerprint density at radius 3 is 2.81 bits per heavy atom. The summed E-state index contributed by atoms with van der Waals surface area (Å²) in [6.07, 6.45) is 1.65. The molecular weight excluding hydrogens is 356 g/mol. The summed E-state index contributed by atoms with van der Waals surface area (Å²) in [7, 11) is 0. The van der Waals surface area contributed by atoms with Crippen molar-refractivity contribution in [2.45, 2.75) is 18.3 Å². The average molecular weight is 378 g/mol. The van der Waals surface area contributed by atoms with Crippen LogP contribution >= 0.6 is 11.8 Å². The molecule has 3 aliphatic heterocycles. The lowest BCUT2D eigenvalue weighted by Crippen LogP contribution is -2.47. The normalized spacial score (nSPS) is 21.1. The van der Waals surface area contributed by atoms with Gasteiger partial charge in [-0.15, -0.1) is 11.8 Å². The van der Waals surface area contributed by atoms with Gasteiger partial charge in [0.05, 0.1) is 11.6 Å². The van der Waals surface area contributed by atoms with Crippen LogP contribution in [0.25, 0.3) is 0 Å². The molecule has 1 aromatic carbocycles. The second kappa shape index (κ2) is 7.36. The molecule has 3 heterocycles. The van der Waals surface area contributed by atoms with Crippen LogP contribution in [0.15, 0.2) is 18.2 Å². The number of rotatable bonds is 5. The van der Waals surface area contributed by atoms with E-state index in [-0.39, 0.29) is 30.6 Å². The maximum Gasteiger partial charge on any atom is 0.239 e. The van der Waals surface area contributed by atoms with E-state index >= 15 is 0 Å². The standard InChI is InChI=1S/C18H22N2O5S/c21-16(8-20-11-26-9-17(20)22)19-10-18(3-5-23-6-4-18)13-1-2-14-15(7-13)25-12-24-14/h1-2,7H,3-6,8-12H2,(H,19,21). The van der Waals surface area contributed by atoms with Crippen LogP contribution in [0.3, 0.4) is 0 Å². The second-order valence-corrected chi connectivity index (χ2v) is 7.76. The van der Waals surface area contributed by atoms with E-state index in [4.69, 9.17) is 14.2 Å². The lowest BCUT2D eigenvalue weighted by atomic mass is 9.74. The van der Waals surface area contributed by atoms with E-state index < -0.39 is 0 Å². The Bertz CT molecular complexity index is 705. The highest BCUT2D eigenvalue weighted by Crippen LogP contribution is 2.40. The smallest absolute Gasteiger partial charge is 0.239 e. The Kier molecular flexibility index (Phi) is 4.95. The fraction of sp³-hybridized carbons (Fsp3) is 0.556. The van der Waals surface area contributed by atoms with Crippen LogP contribution in [0.1, 0.15) is 18.4 Å². The van der Waals surface area contributed by atoms with Crippen molar-refractivity contribution >= 4 is 23.6 Å². The van der Waals surface area contributed by atoms with Gasteiger partial charge in [0, 0.05) is 25.2 Å². The summed E-state index contributed by atoms with van der Waals surface area (Å²) in [6, 6.07) is 5.99. The van der Waals surface area contributed by atoms with Crippen molar-refractivity contribution in [2.75, 3.05) is 44.7 Å². The van der Waals surface area contributed by atoms with Crippen LogP contribution in [-0.4, -0.2) is 61.4 Å². The first-order valence-corrected chi connectivity index (χ1v) is 9.92. The molecule has 0 radical (unpaired) electrons. The zero-order chi connectivity index (χ0) is 18.0. The van der Waals surface area contributed by atoms with Crippen molar-refractivity contribution < 1.29 is 23.8 Å². The van der Waals surface area contributed by atoms with Crippen molar-refractivity contribution in [3.8, 4) is 11.5 Å². The van der Waals surface area contributed by atoms with Crippen molar-refractivity contribution in [1.29, 1.82) is 0 Å². The fourth-order valence-corrected chi connectivity index (χ4v) is 4.50. The first kappa shape index (κ1) is 17.5. The van der Waals surface area contributed by atoms with Gasteiger partial charge in [0.25, 0.3) is 0 Å². The molecule has 0 aliphatic carbocycles. The zero-order valence-corrected chi connectivity index (χ0v) is 15.3. The predicted molar refractivity (Wildman–Crippen MR) is 96.3 cm³/mol. The van der Waals surface area contributed by atoms with Gasteiger partial charge in [0.15, 0.2) is 11.5 Å². The summed E-state index contributed by atoms with van der Waals surface area (Å²) < 4.78 is 16.5. The van der Waals surface area contributed by atoms with Crippen LogP contribution in [0.5, 0.6) is 11.5 Å². The first-order valence-electron chi connectivity index (χ1n) is 8.76. The minimum absolute atomic E-state index is 0.0294. The van der Waals surface area contributed by atoms with Crippen molar-refractivity contribution in [3.05, 3.63) is 23.8 Å². The molecule has 140 valence electrons. The van der Waals surface area contributed by atoms with Crippen LogP contribution in [0, 0.1) is 0 Å². The van der Waals surface area contributed by atoms with Crippen LogP contribution in [0.4, 0.5) is 0 Å². The quantitative estimate of drug-likeness (QED) is 0.827. The number of nitrogens with zero attached hydrogens (tertiary/aromatic N) is 1. The van der Waals surface area contributed by atoms with Crippen LogP contribution in [0.2, 0.25) is 0 Å². The van der Waals surface area contributed by atoms with Crippen molar-refractivity contribution in [3.63, 3.8) is 0 Å². The molecule has 4 rings (SSSR count). The van der Waals surface area contributed by atoms with Gasteiger partial charge in [0.2, 0.25) is 18.6 Å². The number of thioether (sulfide) groups is 1. The van der Waals surface area contributed by atoms with E-state index in [2.05, 4.69) is 5.32 Å². The van der Waals surface area contributed by atoms with Gasteiger partial charge >= 0.3 is 0 Å². The molecule has 0 aromatic heterocycles. The molecule has 26 heavy (non-hydrogen) atoms. The highest BCUT2D eigenvalue weighted by molar-refractivity contribution is 8.00. The lowest BCUT2D eigenvalue weighted by Gasteiger charge is -2.38. The molecule has 0 unspecified atom stereocenters. The maximum absolute atomic E-state index is 12.4. The molecule has 3 aliphatic rings. The van der Waals surface area contributed by atoms with Gasteiger partial charge in [0.1, 0.15) is 6.54 Å². The Morgan fingerprint density at radius 1 is 1.23 bits per heavy atom. The summed E-state index contributed by atoms with van der Waals surface area (Å²) in [5.41, 5.74) is 0.928. The molecule has 0 atom stereocenters. The van der Waals surface area contributed by atoms with E-state index in [1.807, 2.05) is 18.2 Å². The highest BCUT2D eigenvalue weighted by Gasteiger charge is 2.36. The van der Waals surface area contributed by atoms with E-state index in [0.29, 0.717) is 31.4 Å². The number of hydrogen-bond donors (Lipinski definition) is 1. The molecule has 1 aromatic rings. The number of nitrogens with one attached hydrogen (secondary N) is 1. The van der Waals surface area contributed by atoms with Gasteiger partial charge in [-0.25, -0.2) is 0 Å². The third-order valence-electron chi connectivity index (χ3n) is 5.22. The van der Waals surface area contributed by atoms with Crippen LogP contribution in [-0.2, 0) is 19.7 Å². The van der Waals surface area contributed by atoms with E-state index in [0.717, 1.165) is 29.9 Å². The minimum atomic E-state index is -0.196. The summed E-state index contributed by atoms with van der Waals surface area (Å²) >= 11 is 1.54. The molecule has 0 bridgehead atoms. The average Bonchev–Trinajstić information content (AvgIpc) is 3.29. The lowest BCUT2D eigenvalue weighted by molar-refractivity contribution is -0.132. The molecule has 8 heteroatoms. The Balaban J connectivity index is 1.46. The van der Waals surface area contributed by atoms with Gasteiger partial charge in [-0.1, -0.05) is 6.07 Å². The van der Waals surface area contributed by atoms with Crippen molar-refractivity contribution in [2.24, 2.45) is 0 Å². The van der Waals surface area contributed by atoms with Gasteiger partial charge in [-0.3, -0.25) is 9.59 Å². The number of benzene rings is 1. The third-order valence-corrected chi connectivity index (χ3v) is 6.16. The summed E-state index contributed by atoms with van der Waals surface area (Å²) in [5.74, 6) is 2.47. The largest absolute Gasteiger partial charge is 0.454 e. The molecule has 0 spiro atoms. The zero-order valence-electron chi connectivity index (χ0n) is 14.5. The van der Waals surface area contributed by atoms with E-state index in [1.54, 1.807) is 16.7 Å². The summed E-state index contributed by atoms with van der Waals surface area (Å²) in [5, 5.41) is 3.04. The number of hydrogen-bond acceptors (Lipinski definition) is 6. The fourth-order valence-electron chi connectivity index (χ4n) is 3.59. The van der Waals surface area contributed by atoms with Gasteiger partial charge < -0.3 is 24.4 Å². The second-order valence-electron chi connectivity index (χ2n) is 6.81. The highest BCUT2D eigenvalue weighted by atomic mass is 32.2. The molecule has 1 N–H and O–H groups in total. The van der Waals surface area contributed by atoms with E-state index in [1.165, 1.54) is 0 Å². The SMILES string of the molecule is O=C(CN1CSCC1=O)NCC1(c2ccc3c(c2)OCO3)CCOCC1.